The Bertz CT molecular complexity index is 522. The fourth-order valence-corrected chi connectivity index (χ4v) is 1.67. The van der Waals surface area contributed by atoms with Crippen LogP contribution in [0.15, 0.2) is 18.2 Å². The highest BCUT2D eigenvalue weighted by atomic mass is 35.5. The number of carboxylic acids is 1. The number of rotatable bonds is 5. The Hall–Kier alpha value is -1.46. The lowest BCUT2D eigenvalue weighted by Gasteiger charge is -2.23. The molecule has 1 aromatic rings. The van der Waals surface area contributed by atoms with E-state index < -0.39 is 17.4 Å². The van der Waals surface area contributed by atoms with Crippen LogP contribution in [-0.4, -0.2) is 23.7 Å². The molecule has 0 aliphatic heterocycles. The first-order valence-corrected chi connectivity index (χ1v) is 6.77. The molecule has 1 aromatic carbocycles. The molecule has 0 aliphatic carbocycles. The Morgan fingerprint density at radius 3 is 2.45 bits per heavy atom. The molecule has 7 heteroatoms. The normalized spacial score (nSPS) is 13.4. The van der Waals surface area contributed by atoms with Gasteiger partial charge in [-0.2, -0.15) is 0 Å². The smallest absolute Gasteiger partial charge is 0.319 e. The average Bonchev–Trinajstić information content (AvgIpc) is 2.40. The van der Waals surface area contributed by atoms with Crippen molar-refractivity contribution in [2.45, 2.75) is 20.3 Å². The number of carbonyl (C=O) groups excluding carboxylic acids is 1. The molecule has 5 nitrogen and oxygen atoms in total. The Kier molecular flexibility index (Phi) is 5.65. The molecule has 0 heterocycles. The average molecular weight is 319 g/mol. The second-order valence-electron chi connectivity index (χ2n) is 4.66. The van der Waals surface area contributed by atoms with Gasteiger partial charge in [0.05, 0.1) is 15.5 Å². The zero-order valence-corrected chi connectivity index (χ0v) is 12.7. The molecule has 0 aromatic heterocycles. The van der Waals surface area contributed by atoms with Gasteiger partial charge < -0.3 is 15.7 Å². The van der Waals surface area contributed by atoms with Crippen LogP contribution in [0.5, 0.6) is 0 Å². The molecule has 0 fully saturated rings. The molecule has 0 radical (unpaired) electrons. The number of hydrogen-bond acceptors (Lipinski definition) is 2. The highest BCUT2D eigenvalue weighted by Crippen LogP contribution is 2.25. The maximum absolute atomic E-state index is 11.7. The first-order chi connectivity index (χ1) is 9.28. The van der Waals surface area contributed by atoms with Crippen LogP contribution in [0.4, 0.5) is 10.5 Å². The first kappa shape index (κ1) is 16.6. The quantitative estimate of drug-likeness (QED) is 0.775. The van der Waals surface area contributed by atoms with Crippen LogP contribution in [0.2, 0.25) is 10.0 Å². The summed E-state index contributed by atoms with van der Waals surface area (Å²) in [6.07, 6.45) is 0.412. The molecule has 3 N–H and O–H groups in total. The van der Waals surface area contributed by atoms with Crippen molar-refractivity contribution in [2.24, 2.45) is 5.41 Å². The van der Waals surface area contributed by atoms with Gasteiger partial charge in [0.15, 0.2) is 0 Å². The number of amides is 2. The maximum atomic E-state index is 11.7. The van der Waals surface area contributed by atoms with E-state index in [0.717, 1.165) is 0 Å². The number of carboxylic acid groups (broad SMARTS) is 1. The summed E-state index contributed by atoms with van der Waals surface area (Å²) in [7, 11) is 0. The minimum Gasteiger partial charge on any atom is -0.481 e. The molecule has 0 aliphatic rings. The SMILES string of the molecule is CCC(C)(CNC(=O)Nc1ccc(Cl)c(Cl)c1)C(=O)O. The third-order valence-corrected chi connectivity index (χ3v) is 3.85. The zero-order valence-electron chi connectivity index (χ0n) is 11.2. The van der Waals surface area contributed by atoms with Crippen LogP contribution in [0.1, 0.15) is 20.3 Å². The maximum Gasteiger partial charge on any atom is 0.319 e. The molecule has 0 bridgehead atoms. The molecule has 2 amide bonds. The van der Waals surface area contributed by atoms with Crippen molar-refractivity contribution < 1.29 is 14.7 Å². The standard InChI is InChI=1S/C13H16Cl2N2O3/c1-3-13(2,11(18)19)7-16-12(20)17-8-4-5-9(14)10(15)6-8/h4-6H,3,7H2,1-2H3,(H,18,19)(H2,16,17,20). The summed E-state index contributed by atoms with van der Waals surface area (Å²) in [6.45, 7) is 3.37. The second-order valence-corrected chi connectivity index (χ2v) is 5.47. The number of nitrogens with one attached hydrogen (secondary N) is 2. The number of hydrogen-bond donors (Lipinski definition) is 3. The topological polar surface area (TPSA) is 78.4 Å². The van der Waals surface area contributed by atoms with E-state index in [-0.39, 0.29) is 6.54 Å². The summed E-state index contributed by atoms with van der Waals surface area (Å²) < 4.78 is 0. The summed E-state index contributed by atoms with van der Waals surface area (Å²) >= 11 is 11.6. The van der Waals surface area contributed by atoms with Crippen molar-refractivity contribution in [2.75, 3.05) is 11.9 Å². The molecule has 0 saturated carbocycles. The third kappa shape index (κ3) is 4.28. The Morgan fingerprint density at radius 1 is 1.30 bits per heavy atom. The fraction of sp³-hybridized carbons (Fsp3) is 0.385. The largest absolute Gasteiger partial charge is 0.481 e. The van der Waals surface area contributed by atoms with Gasteiger partial charge in [0.1, 0.15) is 0 Å². The van der Waals surface area contributed by atoms with Crippen molar-refractivity contribution >= 4 is 40.9 Å². The van der Waals surface area contributed by atoms with Crippen LogP contribution >= 0.6 is 23.2 Å². The minimum atomic E-state index is -0.991. The molecule has 110 valence electrons. The number of halogens is 2. The highest BCUT2D eigenvalue weighted by molar-refractivity contribution is 6.42. The van der Waals surface area contributed by atoms with Gasteiger partial charge >= 0.3 is 12.0 Å². The first-order valence-electron chi connectivity index (χ1n) is 6.02. The van der Waals surface area contributed by atoms with E-state index in [1.807, 2.05) is 0 Å². The van der Waals surface area contributed by atoms with E-state index in [9.17, 15) is 9.59 Å². The van der Waals surface area contributed by atoms with Crippen molar-refractivity contribution in [1.82, 2.24) is 5.32 Å². The van der Waals surface area contributed by atoms with Crippen LogP contribution in [0.25, 0.3) is 0 Å². The summed E-state index contributed by atoms with van der Waals surface area (Å²) in [5, 5.41) is 14.9. The predicted molar refractivity (Wildman–Crippen MR) is 79.5 cm³/mol. The molecular formula is C13H16Cl2N2O3. The van der Waals surface area contributed by atoms with Gasteiger partial charge in [-0.05, 0) is 31.5 Å². The van der Waals surface area contributed by atoms with Gasteiger partial charge in [-0.3, -0.25) is 4.79 Å². The summed E-state index contributed by atoms with van der Waals surface area (Å²) in [4.78, 5) is 22.8. The van der Waals surface area contributed by atoms with Gasteiger partial charge in [-0.25, -0.2) is 4.79 Å². The van der Waals surface area contributed by atoms with Gasteiger partial charge in [0.25, 0.3) is 0 Å². The lowest BCUT2D eigenvalue weighted by atomic mass is 9.88. The van der Waals surface area contributed by atoms with Gasteiger partial charge in [-0.1, -0.05) is 30.1 Å². The summed E-state index contributed by atoms with van der Waals surface area (Å²) in [5.41, 5.74) is -0.514. The van der Waals surface area contributed by atoms with Crippen LogP contribution < -0.4 is 10.6 Å². The van der Waals surface area contributed by atoms with Crippen molar-refractivity contribution in [3.63, 3.8) is 0 Å². The van der Waals surface area contributed by atoms with E-state index in [1.165, 1.54) is 6.07 Å². The van der Waals surface area contributed by atoms with E-state index in [1.54, 1.807) is 26.0 Å². The van der Waals surface area contributed by atoms with Crippen LogP contribution in [0, 0.1) is 5.41 Å². The molecule has 20 heavy (non-hydrogen) atoms. The fourth-order valence-electron chi connectivity index (χ4n) is 1.38. The monoisotopic (exact) mass is 318 g/mol. The Balaban J connectivity index is 2.60. The van der Waals surface area contributed by atoms with Crippen molar-refractivity contribution in [3.8, 4) is 0 Å². The van der Waals surface area contributed by atoms with E-state index in [2.05, 4.69) is 10.6 Å². The molecule has 0 spiro atoms. The van der Waals surface area contributed by atoms with Crippen LogP contribution in [-0.2, 0) is 4.79 Å². The number of urea groups is 1. The highest BCUT2D eigenvalue weighted by Gasteiger charge is 2.31. The van der Waals surface area contributed by atoms with Gasteiger partial charge in [-0.15, -0.1) is 0 Å². The van der Waals surface area contributed by atoms with E-state index in [4.69, 9.17) is 28.3 Å². The van der Waals surface area contributed by atoms with Gasteiger partial charge in [0.2, 0.25) is 0 Å². The Labute approximate surface area is 127 Å². The lowest BCUT2D eigenvalue weighted by molar-refractivity contribution is -0.147. The van der Waals surface area contributed by atoms with Crippen LogP contribution in [0.3, 0.4) is 0 Å². The molecule has 1 unspecified atom stereocenters. The molecule has 1 atom stereocenters. The molecular weight excluding hydrogens is 303 g/mol. The number of benzene rings is 1. The lowest BCUT2D eigenvalue weighted by Crippen LogP contribution is -2.42. The molecule has 0 saturated heterocycles. The van der Waals surface area contributed by atoms with E-state index in [0.29, 0.717) is 22.2 Å². The molecule has 1 rings (SSSR count). The van der Waals surface area contributed by atoms with Crippen molar-refractivity contribution in [3.05, 3.63) is 28.2 Å². The number of anilines is 1. The predicted octanol–water partition coefficient (Wildman–Crippen LogP) is 3.62. The van der Waals surface area contributed by atoms with Crippen molar-refractivity contribution in [1.29, 1.82) is 0 Å². The minimum absolute atomic E-state index is 0.0337. The third-order valence-electron chi connectivity index (χ3n) is 3.11. The van der Waals surface area contributed by atoms with Gasteiger partial charge in [0, 0.05) is 12.2 Å². The summed E-state index contributed by atoms with van der Waals surface area (Å²) in [5.74, 6) is -0.949. The Morgan fingerprint density at radius 2 is 1.95 bits per heavy atom. The summed E-state index contributed by atoms with van der Waals surface area (Å²) in [6, 6.07) is 4.18. The second kappa shape index (κ2) is 6.81. The zero-order chi connectivity index (χ0) is 15.3. The van der Waals surface area contributed by atoms with E-state index >= 15 is 0 Å². The number of aliphatic carboxylic acids is 1. The number of carbonyl (C=O) groups is 2.